The molecule has 1 aliphatic rings. The van der Waals surface area contributed by atoms with Crippen LogP contribution < -0.4 is 10.6 Å². The van der Waals surface area contributed by atoms with Gasteiger partial charge in [0.25, 0.3) is 0 Å². The van der Waals surface area contributed by atoms with Gasteiger partial charge in [0.15, 0.2) is 0 Å². The summed E-state index contributed by atoms with van der Waals surface area (Å²) in [6, 6.07) is 1.02. The lowest BCUT2D eigenvalue weighted by atomic mass is 10.1. The third kappa shape index (κ3) is 6.22. The van der Waals surface area contributed by atoms with E-state index in [4.69, 9.17) is 4.74 Å². The molecule has 0 saturated heterocycles. The summed E-state index contributed by atoms with van der Waals surface area (Å²) in [7, 11) is 0. The van der Waals surface area contributed by atoms with E-state index in [2.05, 4.69) is 10.6 Å². The molecule has 140 valence electrons. The maximum atomic E-state index is 12.5. The average molecular weight is 378 g/mol. The third-order valence-electron chi connectivity index (χ3n) is 3.54. The van der Waals surface area contributed by atoms with E-state index in [1.165, 1.54) is 5.38 Å². The van der Waals surface area contributed by atoms with Gasteiger partial charge in [-0.2, -0.15) is 13.2 Å². The largest absolute Gasteiger partial charge is 0.444 e. The van der Waals surface area contributed by atoms with Crippen molar-refractivity contribution in [1.82, 2.24) is 10.6 Å². The van der Waals surface area contributed by atoms with E-state index >= 15 is 0 Å². The van der Waals surface area contributed by atoms with Gasteiger partial charge >= 0.3 is 12.3 Å². The van der Waals surface area contributed by atoms with Crippen molar-refractivity contribution in [3.05, 3.63) is 21.9 Å². The fraction of sp³-hybridized carbons (Fsp3) is 0.625. The second-order valence-corrected chi connectivity index (χ2v) is 8.09. The number of amides is 2. The quantitative estimate of drug-likeness (QED) is 0.818. The number of ether oxygens (including phenoxy) is 1. The van der Waals surface area contributed by atoms with Gasteiger partial charge in [-0.1, -0.05) is 0 Å². The zero-order valence-corrected chi connectivity index (χ0v) is 15.1. The number of thiophene rings is 1. The van der Waals surface area contributed by atoms with Crippen LogP contribution >= 0.6 is 11.3 Å². The van der Waals surface area contributed by atoms with Gasteiger partial charge in [-0.05, 0) is 50.6 Å². The van der Waals surface area contributed by atoms with Crippen LogP contribution in [0.5, 0.6) is 0 Å². The lowest BCUT2D eigenvalue weighted by Crippen LogP contribution is -2.43. The highest BCUT2D eigenvalue weighted by Crippen LogP contribution is 2.39. The number of hydrogen-bond donors (Lipinski definition) is 2. The molecule has 0 aromatic carbocycles. The highest BCUT2D eigenvalue weighted by molar-refractivity contribution is 7.10. The van der Waals surface area contributed by atoms with Gasteiger partial charge in [-0.3, -0.25) is 4.79 Å². The second-order valence-electron chi connectivity index (χ2n) is 7.18. The Kier molecular flexibility index (Phi) is 5.36. The van der Waals surface area contributed by atoms with Gasteiger partial charge in [0.1, 0.15) is 10.5 Å². The minimum absolute atomic E-state index is 0.0218. The molecule has 5 nitrogen and oxygen atoms in total. The fourth-order valence-corrected chi connectivity index (χ4v) is 2.99. The number of carbonyl (C=O) groups excluding carboxylic acids is 2. The van der Waals surface area contributed by atoms with E-state index in [0.29, 0.717) is 29.7 Å². The Morgan fingerprint density at radius 3 is 2.40 bits per heavy atom. The summed E-state index contributed by atoms with van der Waals surface area (Å²) in [5.41, 5.74) is -0.842. The number of halogens is 3. The lowest BCUT2D eigenvalue weighted by Gasteiger charge is -2.23. The molecule has 2 N–H and O–H groups in total. The van der Waals surface area contributed by atoms with E-state index in [1.807, 2.05) is 0 Å². The summed E-state index contributed by atoms with van der Waals surface area (Å²) in [4.78, 5) is 23.1. The topological polar surface area (TPSA) is 67.4 Å². The van der Waals surface area contributed by atoms with Gasteiger partial charge in [0, 0.05) is 13.0 Å². The average Bonchev–Trinajstić information content (AvgIpc) is 2.98. The minimum atomic E-state index is -4.37. The molecule has 2 amide bonds. The lowest BCUT2D eigenvalue weighted by molar-refractivity contribution is -0.134. The van der Waals surface area contributed by atoms with Crippen LogP contribution in [-0.4, -0.2) is 23.1 Å². The molecule has 0 spiro atoms. The first-order chi connectivity index (χ1) is 11.4. The van der Waals surface area contributed by atoms with E-state index < -0.39 is 28.3 Å². The van der Waals surface area contributed by atoms with Gasteiger partial charge in [0.05, 0.1) is 5.54 Å². The Morgan fingerprint density at radius 2 is 1.92 bits per heavy atom. The molecule has 1 aromatic rings. The number of alkyl halides is 3. The molecule has 0 radical (unpaired) electrons. The van der Waals surface area contributed by atoms with E-state index in [1.54, 1.807) is 20.8 Å². The van der Waals surface area contributed by atoms with Crippen molar-refractivity contribution in [2.45, 2.75) is 63.9 Å². The molecule has 0 aliphatic heterocycles. The Morgan fingerprint density at radius 1 is 1.28 bits per heavy atom. The maximum Gasteiger partial charge on any atom is 0.425 e. The molecule has 0 atom stereocenters. The Balaban J connectivity index is 1.80. The second kappa shape index (κ2) is 6.86. The van der Waals surface area contributed by atoms with Crippen molar-refractivity contribution in [2.75, 3.05) is 0 Å². The molecule has 9 heteroatoms. The predicted octanol–water partition coefficient (Wildman–Crippen LogP) is 3.83. The fourth-order valence-electron chi connectivity index (χ4n) is 2.20. The molecule has 0 bridgehead atoms. The van der Waals surface area contributed by atoms with Crippen molar-refractivity contribution < 1.29 is 27.5 Å². The van der Waals surface area contributed by atoms with Crippen molar-refractivity contribution in [2.24, 2.45) is 0 Å². The number of hydrogen-bond acceptors (Lipinski definition) is 4. The van der Waals surface area contributed by atoms with Crippen molar-refractivity contribution in [3.63, 3.8) is 0 Å². The van der Waals surface area contributed by atoms with Crippen molar-refractivity contribution >= 4 is 23.3 Å². The van der Waals surface area contributed by atoms with E-state index in [0.717, 1.165) is 6.07 Å². The monoisotopic (exact) mass is 378 g/mol. The first-order valence-electron chi connectivity index (χ1n) is 7.81. The predicted molar refractivity (Wildman–Crippen MR) is 87.1 cm³/mol. The van der Waals surface area contributed by atoms with Crippen LogP contribution in [0.15, 0.2) is 11.4 Å². The molecule has 1 aliphatic carbocycles. The zero-order valence-electron chi connectivity index (χ0n) is 14.3. The van der Waals surface area contributed by atoms with Crippen LogP contribution in [0.25, 0.3) is 0 Å². The highest BCUT2D eigenvalue weighted by Gasteiger charge is 2.46. The van der Waals surface area contributed by atoms with Gasteiger partial charge in [-0.25, -0.2) is 4.79 Å². The Bertz CT molecular complexity index is 646. The molecule has 1 aromatic heterocycles. The number of rotatable bonds is 5. The molecular formula is C16H21F3N2O3S. The molecule has 25 heavy (non-hydrogen) atoms. The van der Waals surface area contributed by atoms with Crippen LogP contribution in [0.3, 0.4) is 0 Å². The highest BCUT2D eigenvalue weighted by atomic mass is 32.1. The molecule has 1 heterocycles. The summed E-state index contributed by atoms with van der Waals surface area (Å²) in [6.07, 6.45) is -3.55. The van der Waals surface area contributed by atoms with Crippen LogP contribution in [0.4, 0.5) is 18.0 Å². The third-order valence-corrected chi connectivity index (χ3v) is 4.57. The number of carbonyl (C=O) groups is 2. The molecule has 1 fully saturated rings. The van der Waals surface area contributed by atoms with Crippen molar-refractivity contribution in [3.8, 4) is 0 Å². The summed E-state index contributed by atoms with van der Waals surface area (Å²) in [5, 5.41) is 6.67. The maximum absolute atomic E-state index is 12.5. The molecule has 2 rings (SSSR count). The summed E-state index contributed by atoms with van der Waals surface area (Å²) in [6.45, 7) is 5.26. The van der Waals surface area contributed by atoms with Gasteiger partial charge in [0.2, 0.25) is 5.91 Å². The van der Waals surface area contributed by atoms with Crippen LogP contribution in [0.1, 0.15) is 50.5 Å². The van der Waals surface area contributed by atoms with Crippen LogP contribution in [0, 0.1) is 0 Å². The van der Waals surface area contributed by atoms with Crippen LogP contribution in [-0.2, 0) is 22.3 Å². The van der Waals surface area contributed by atoms with Gasteiger partial charge < -0.3 is 15.4 Å². The molecule has 1 saturated carbocycles. The molecular weight excluding hydrogens is 357 g/mol. The van der Waals surface area contributed by atoms with E-state index in [9.17, 15) is 22.8 Å². The number of nitrogens with one attached hydrogen (secondary N) is 2. The Hall–Kier alpha value is -1.77. The summed E-state index contributed by atoms with van der Waals surface area (Å²) >= 11 is 0.597. The van der Waals surface area contributed by atoms with Gasteiger partial charge in [-0.15, -0.1) is 11.3 Å². The number of alkyl carbamates (subject to hydrolysis) is 1. The van der Waals surface area contributed by atoms with Crippen molar-refractivity contribution in [1.29, 1.82) is 0 Å². The first-order valence-corrected chi connectivity index (χ1v) is 8.69. The van der Waals surface area contributed by atoms with Crippen LogP contribution in [0.2, 0.25) is 0 Å². The normalized spacial score (nSPS) is 16.2. The van der Waals surface area contributed by atoms with E-state index in [-0.39, 0.29) is 18.9 Å². The minimum Gasteiger partial charge on any atom is -0.444 e. The SMILES string of the molecule is CC(C)(C)OC(=O)NC1(CC(=O)NCc2csc(C(F)(F)F)c2)CC1. The molecule has 0 unspecified atom stereocenters. The standard InChI is InChI=1S/C16H21F3N2O3S/c1-14(2,3)24-13(23)21-15(4-5-15)7-12(22)20-8-10-6-11(25-9-10)16(17,18)19/h6,9H,4-5,7-8H2,1-3H3,(H,20,22)(H,21,23). The smallest absolute Gasteiger partial charge is 0.425 e. The Labute approximate surface area is 147 Å². The summed E-state index contributed by atoms with van der Waals surface area (Å²) in [5.74, 6) is -0.326. The zero-order chi connectivity index (χ0) is 18.9. The first kappa shape index (κ1) is 19.6. The summed E-state index contributed by atoms with van der Waals surface area (Å²) < 4.78 is 42.8.